The second-order valence-corrected chi connectivity index (χ2v) is 5.85. The van der Waals surface area contributed by atoms with E-state index >= 15 is 0 Å². The van der Waals surface area contributed by atoms with E-state index in [2.05, 4.69) is 0 Å². The molecule has 2 fully saturated rings. The van der Waals surface area contributed by atoms with Crippen molar-refractivity contribution in [2.45, 2.75) is 51.8 Å². The highest BCUT2D eigenvalue weighted by molar-refractivity contribution is 5.75. The molecule has 0 aromatic rings. The number of fused-ring (bicyclic) bond motifs is 2. The van der Waals surface area contributed by atoms with Crippen LogP contribution in [-0.4, -0.2) is 52.6 Å². The van der Waals surface area contributed by atoms with Gasteiger partial charge in [0, 0.05) is 20.0 Å². The molecule has 17 heavy (non-hydrogen) atoms. The van der Waals surface area contributed by atoms with Crippen LogP contribution >= 0.6 is 0 Å². The second-order valence-electron chi connectivity index (χ2n) is 5.85. The molecule has 0 saturated carbocycles. The highest BCUT2D eigenvalue weighted by Gasteiger charge is 2.47. The molecule has 2 bridgehead atoms. The maximum absolute atomic E-state index is 11.9. The lowest BCUT2D eigenvalue weighted by Gasteiger charge is -2.34. The van der Waals surface area contributed by atoms with E-state index in [4.69, 9.17) is 4.74 Å². The van der Waals surface area contributed by atoms with Crippen LogP contribution in [0.2, 0.25) is 0 Å². The van der Waals surface area contributed by atoms with Crippen LogP contribution in [0.15, 0.2) is 0 Å². The third kappa shape index (κ3) is 2.37. The molecule has 0 aromatic carbocycles. The summed E-state index contributed by atoms with van der Waals surface area (Å²) in [4.78, 5) is 26.9. The maximum atomic E-state index is 11.9. The minimum atomic E-state index is -0.459. The van der Waals surface area contributed by atoms with Crippen LogP contribution in [0.4, 0.5) is 4.79 Å². The molecule has 0 unspecified atom stereocenters. The molecule has 0 aliphatic carbocycles. The Morgan fingerprint density at radius 3 is 2.06 bits per heavy atom. The SMILES string of the molecule is CC(=O)N1C[C@@H]2C[C@H]1CN2C(=O)OC(C)(C)C. The molecular formula is C12H20N2O3. The highest BCUT2D eigenvalue weighted by Crippen LogP contribution is 2.31. The first-order valence-electron chi connectivity index (χ1n) is 6.05. The molecule has 96 valence electrons. The molecule has 2 heterocycles. The van der Waals surface area contributed by atoms with E-state index in [1.165, 1.54) is 0 Å². The summed E-state index contributed by atoms with van der Waals surface area (Å²) >= 11 is 0. The van der Waals surface area contributed by atoms with Gasteiger partial charge >= 0.3 is 6.09 Å². The third-order valence-electron chi connectivity index (χ3n) is 3.27. The zero-order valence-corrected chi connectivity index (χ0v) is 10.9. The number of ether oxygens (including phenoxy) is 1. The Morgan fingerprint density at radius 2 is 1.65 bits per heavy atom. The number of carbonyl (C=O) groups excluding carboxylic acids is 2. The van der Waals surface area contributed by atoms with E-state index in [1.54, 1.807) is 11.8 Å². The van der Waals surface area contributed by atoms with Crippen molar-refractivity contribution in [3.63, 3.8) is 0 Å². The lowest BCUT2D eigenvalue weighted by Crippen LogP contribution is -2.51. The number of hydrogen-bond acceptors (Lipinski definition) is 3. The highest BCUT2D eigenvalue weighted by atomic mass is 16.6. The fraction of sp³-hybridized carbons (Fsp3) is 0.833. The molecular weight excluding hydrogens is 220 g/mol. The lowest BCUT2D eigenvalue weighted by atomic mass is 10.2. The van der Waals surface area contributed by atoms with Gasteiger partial charge in [0.15, 0.2) is 0 Å². The first kappa shape index (κ1) is 12.2. The molecule has 2 amide bonds. The summed E-state index contributed by atoms with van der Waals surface area (Å²) in [5.41, 5.74) is -0.459. The minimum absolute atomic E-state index is 0.0985. The number of hydrogen-bond donors (Lipinski definition) is 0. The van der Waals surface area contributed by atoms with E-state index in [-0.39, 0.29) is 24.1 Å². The summed E-state index contributed by atoms with van der Waals surface area (Å²) in [5.74, 6) is 0.0985. The second kappa shape index (κ2) is 3.89. The maximum Gasteiger partial charge on any atom is 0.410 e. The monoisotopic (exact) mass is 240 g/mol. The molecule has 5 nitrogen and oxygen atoms in total. The topological polar surface area (TPSA) is 49.9 Å². The van der Waals surface area contributed by atoms with Gasteiger partial charge in [0.1, 0.15) is 5.60 Å². The number of carbonyl (C=O) groups is 2. The molecule has 2 aliphatic rings. The molecule has 2 saturated heterocycles. The number of piperazine rings is 1. The number of amides is 2. The van der Waals surface area contributed by atoms with Crippen molar-refractivity contribution in [2.75, 3.05) is 13.1 Å². The van der Waals surface area contributed by atoms with Crippen LogP contribution in [0.3, 0.4) is 0 Å². The van der Waals surface area contributed by atoms with Gasteiger partial charge < -0.3 is 14.5 Å². The van der Waals surface area contributed by atoms with Crippen molar-refractivity contribution in [3.8, 4) is 0 Å². The normalized spacial score (nSPS) is 27.5. The van der Waals surface area contributed by atoms with Gasteiger partial charge in [-0.1, -0.05) is 0 Å². The van der Waals surface area contributed by atoms with Gasteiger partial charge in [0.05, 0.1) is 12.1 Å². The lowest BCUT2D eigenvalue weighted by molar-refractivity contribution is -0.131. The van der Waals surface area contributed by atoms with Crippen molar-refractivity contribution in [1.82, 2.24) is 9.80 Å². The molecule has 2 aliphatic heterocycles. The fourth-order valence-electron chi connectivity index (χ4n) is 2.60. The molecule has 0 radical (unpaired) electrons. The summed E-state index contributed by atoms with van der Waals surface area (Å²) in [6.07, 6.45) is 0.631. The molecule has 2 rings (SSSR count). The Balaban J connectivity index is 1.96. The zero-order chi connectivity index (χ0) is 12.8. The average molecular weight is 240 g/mol. The number of likely N-dealkylation sites (tertiary alicyclic amines) is 2. The van der Waals surface area contributed by atoms with E-state index < -0.39 is 5.60 Å². The molecule has 0 spiro atoms. The third-order valence-corrected chi connectivity index (χ3v) is 3.27. The molecule has 2 atom stereocenters. The summed E-state index contributed by atoms with van der Waals surface area (Å²) < 4.78 is 5.35. The van der Waals surface area contributed by atoms with Crippen LogP contribution in [0.5, 0.6) is 0 Å². The smallest absolute Gasteiger partial charge is 0.410 e. The number of nitrogens with zero attached hydrogens (tertiary/aromatic N) is 2. The standard InChI is InChI=1S/C12H20N2O3/c1-8(15)13-6-10-5-9(13)7-14(10)11(16)17-12(2,3)4/h9-10H,5-7H2,1-4H3/t9-,10-/m0/s1. The van der Waals surface area contributed by atoms with Gasteiger partial charge in [-0.3, -0.25) is 4.79 Å². The van der Waals surface area contributed by atoms with Gasteiger partial charge in [-0.15, -0.1) is 0 Å². The van der Waals surface area contributed by atoms with Gasteiger partial charge in [0.2, 0.25) is 5.91 Å². The first-order chi connectivity index (χ1) is 7.78. The molecule has 0 aromatic heterocycles. The predicted octanol–water partition coefficient (Wildman–Crippen LogP) is 1.23. The summed E-state index contributed by atoms with van der Waals surface area (Å²) in [7, 11) is 0. The average Bonchev–Trinajstić information content (AvgIpc) is 2.72. The van der Waals surface area contributed by atoms with Crippen molar-refractivity contribution < 1.29 is 14.3 Å². The first-order valence-corrected chi connectivity index (χ1v) is 6.05. The Hall–Kier alpha value is -1.26. The van der Waals surface area contributed by atoms with E-state index in [9.17, 15) is 9.59 Å². The summed E-state index contributed by atoms with van der Waals surface area (Å²) in [6.45, 7) is 8.43. The van der Waals surface area contributed by atoms with Crippen molar-refractivity contribution >= 4 is 12.0 Å². The van der Waals surface area contributed by atoms with Crippen LogP contribution in [0, 0.1) is 0 Å². The van der Waals surface area contributed by atoms with Crippen LogP contribution in [-0.2, 0) is 9.53 Å². The largest absolute Gasteiger partial charge is 0.444 e. The summed E-state index contributed by atoms with van der Waals surface area (Å²) in [6, 6.07) is 0.323. The van der Waals surface area contributed by atoms with E-state index in [0.717, 1.165) is 6.42 Å². The Bertz CT molecular complexity index is 348. The summed E-state index contributed by atoms with van der Waals surface area (Å²) in [5, 5.41) is 0. The number of rotatable bonds is 0. The van der Waals surface area contributed by atoms with Gasteiger partial charge in [-0.05, 0) is 27.2 Å². The van der Waals surface area contributed by atoms with Crippen LogP contribution in [0.1, 0.15) is 34.1 Å². The Labute approximate surface area is 102 Å². The van der Waals surface area contributed by atoms with Crippen molar-refractivity contribution in [1.29, 1.82) is 0 Å². The van der Waals surface area contributed by atoms with Crippen LogP contribution < -0.4 is 0 Å². The van der Waals surface area contributed by atoms with Gasteiger partial charge in [-0.25, -0.2) is 4.79 Å². The van der Waals surface area contributed by atoms with Crippen molar-refractivity contribution in [3.05, 3.63) is 0 Å². The Morgan fingerprint density at radius 1 is 1.12 bits per heavy atom. The van der Waals surface area contributed by atoms with Crippen molar-refractivity contribution in [2.24, 2.45) is 0 Å². The Kier molecular flexibility index (Phi) is 2.79. The van der Waals surface area contributed by atoms with Gasteiger partial charge in [0.25, 0.3) is 0 Å². The van der Waals surface area contributed by atoms with E-state index in [1.807, 2.05) is 25.7 Å². The molecule has 0 N–H and O–H groups in total. The van der Waals surface area contributed by atoms with E-state index in [0.29, 0.717) is 13.1 Å². The van der Waals surface area contributed by atoms with Crippen LogP contribution in [0.25, 0.3) is 0 Å². The van der Waals surface area contributed by atoms with Gasteiger partial charge in [-0.2, -0.15) is 0 Å². The molecule has 5 heteroatoms. The zero-order valence-electron chi connectivity index (χ0n) is 10.9. The predicted molar refractivity (Wildman–Crippen MR) is 62.5 cm³/mol. The minimum Gasteiger partial charge on any atom is -0.444 e. The fourth-order valence-corrected chi connectivity index (χ4v) is 2.60. The quantitative estimate of drug-likeness (QED) is 0.640.